The van der Waals surface area contributed by atoms with E-state index in [4.69, 9.17) is 14.2 Å². The van der Waals surface area contributed by atoms with Crippen LogP contribution in [-0.4, -0.2) is 75.7 Å². The van der Waals surface area contributed by atoms with Crippen LogP contribution < -0.4 is 20.1 Å². The number of carbonyl (C=O) groups is 3. The molecule has 1 aliphatic rings. The summed E-state index contributed by atoms with van der Waals surface area (Å²) >= 11 is 0. The summed E-state index contributed by atoms with van der Waals surface area (Å²) in [4.78, 5) is 40.3. The molecule has 3 rings (SSSR count). The van der Waals surface area contributed by atoms with Gasteiger partial charge in [-0.1, -0.05) is 12.1 Å². The van der Waals surface area contributed by atoms with Gasteiger partial charge in [0.15, 0.2) is 0 Å². The quantitative estimate of drug-likeness (QED) is 0.632. The molecule has 2 N–H and O–H groups in total. The molecule has 0 unspecified atom stereocenters. The van der Waals surface area contributed by atoms with Crippen LogP contribution in [0.5, 0.6) is 11.5 Å². The number of benzene rings is 2. The number of methoxy groups -OCH3 is 2. The van der Waals surface area contributed by atoms with Gasteiger partial charge in [0.2, 0.25) is 11.8 Å². The molecule has 2 aromatic rings. The fourth-order valence-electron chi connectivity index (χ4n) is 3.92. The average molecular weight is 484 g/mol. The number of nitrogens with one attached hydrogen (secondary N) is 2. The first-order chi connectivity index (χ1) is 16.8. The van der Waals surface area contributed by atoms with Crippen LogP contribution in [0.15, 0.2) is 42.5 Å². The number of hydrogen-bond donors (Lipinski definition) is 2. The number of likely N-dealkylation sites (N-methyl/N-ethyl adjacent to an activating group) is 1. The zero-order valence-corrected chi connectivity index (χ0v) is 20.6. The Morgan fingerprint density at radius 3 is 2.69 bits per heavy atom. The predicted molar refractivity (Wildman–Crippen MR) is 132 cm³/mol. The van der Waals surface area contributed by atoms with Crippen LogP contribution >= 0.6 is 0 Å². The van der Waals surface area contributed by atoms with Crippen molar-refractivity contribution >= 4 is 17.7 Å². The number of amides is 3. The van der Waals surface area contributed by atoms with Crippen molar-refractivity contribution in [3.05, 3.63) is 48.0 Å². The predicted octanol–water partition coefficient (Wildman–Crippen LogP) is 2.24. The van der Waals surface area contributed by atoms with Gasteiger partial charge in [0.25, 0.3) is 5.91 Å². The third-order valence-electron chi connectivity index (χ3n) is 5.84. The lowest BCUT2D eigenvalue weighted by Crippen LogP contribution is -2.49. The number of nitrogens with zero attached hydrogens (tertiary/aromatic N) is 1. The summed E-state index contributed by atoms with van der Waals surface area (Å²) < 4.78 is 16.4. The minimum atomic E-state index is -0.821. The summed E-state index contributed by atoms with van der Waals surface area (Å²) in [6.07, 6.45) is 0.260. The zero-order valence-electron chi connectivity index (χ0n) is 20.6. The monoisotopic (exact) mass is 483 g/mol. The molecule has 0 spiro atoms. The smallest absolute Gasteiger partial charge is 0.254 e. The largest absolute Gasteiger partial charge is 0.497 e. The second kappa shape index (κ2) is 12.2. The number of carbonyl (C=O) groups excluding carboxylic acids is 3. The number of ether oxygens (including phenoxy) is 3. The van der Waals surface area contributed by atoms with Crippen LogP contribution in [0.25, 0.3) is 11.1 Å². The molecule has 9 nitrogen and oxygen atoms in total. The van der Waals surface area contributed by atoms with Crippen molar-refractivity contribution in [3.8, 4) is 22.6 Å². The van der Waals surface area contributed by atoms with E-state index in [0.717, 1.165) is 11.1 Å². The summed E-state index contributed by atoms with van der Waals surface area (Å²) in [5.41, 5.74) is 1.94. The summed E-state index contributed by atoms with van der Waals surface area (Å²) in [5, 5.41) is 5.68. The maximum atomic E-state index is 13.4. The molecular weight excluding hydrogens is 450 g/mol. The van der Waals surface area contributed by atoms with Gasteiger partial charge in [-0.25, -0.2) is 0 Å². The fraction of sp³-hybridized carbons (Fsp3) is 0.423. The maximum Gasteiger partial charge on any atom is 0.254 e. The number of hydrogen-bond acceptors (Lipinski definition) is 6. The van der Waals surface area contributed by atoms with Crippen molar-refractivity contribution in [2.75, 3.05) is 41.0 Å². The molecule has 0 aliphatic carbocycles. The highest BCUT2D eigenvalue weighted by molar-refractivity contribution is 5.98. The van der Waals surface area contributed by atoms with Crippen molar-refractivity contribution in [2.24, 2.45) is 0 Å². The molecule has 3 amide bonds. The molecule has 0 aromatic heterocycles. The second-order valence-corrected chi connectivity index (χ2v) is 8.48. The van der Waals surface area contributed by atoms with Crippen molar-refractivity contribution < 1.29 is 28.6 Å². The fourth-order valence-corrected chi connectivity index (χ4v) is 3.92. The summed E-state index contributed by atoms with van der Waals surface area (Å²) in [6, 6.07) is 11.5. The zero-order chi connectivity index (χ0) is 25.4. The highest BCUT2D eigenvalue weighted by Gasteiger charge is 2.29. The van der Waals surface area contributed by atoms with E-state index < -0.39 is 6.04 Å². The first-order valence-electron chi connectivity index (χ1n) is 11.6. The normalized spacial score (nSPS) is 18.9. The minimum Gasteiger partial charge on any atom is -0.497 e. The van der Waals surface area contributed by atoms with E-state index in [0.29, 0.717) is 30.2 Å². The Kier molecular flexibility index (Phi) is 9.08. The molecule has 2 atom stereocenters. The van der Waals surface area contributed by atoms with E-state index >= 15 is 0 Å². The van der Waals surface area contributed by atoms with Gasteiger partial charge in [-0.2, -0.15) is 0 Å². The molecule has 2 aromatic carbocycles. The molecule has 2 bridgehead atoms. The van der Waals surface area contributed by atoms with Gasteiger partial charge in [-0.05, 0) is 49.2 Å². The van der Waals surface area contributed by atoms with E-state index in [-0.39, 0.29) is 43.2 Å². The van der Waals surface area contributed by atoms with Crippen LogP contribution in [0.1, 0.15) is 30.1 Å². The standard InChI is InChI=1S/C26H33N3O6/c1-17-16-35-23-10-8-20(34-4)15-21(23)18-6-5-7-19(14-18)26(32)29(2)22(9-11-24(30)28-17)25(31)27-12-13-33-3/h5-8,10,14-15,17,22H,9,11-13,16H2,1-4H3,(H,27,31)(H,28,30)/t17-,22+/m1/s1. The highest BCUT2D eigenvalue weighted by Crippen LogP contribution is 2.34. The van der Waals surface area contributed by atoms with Gasteiger partial charge in [0.05, 0.1) is 19.8 Å². The lowest BCUT2D eigenvalue weighted by molar-refractivity contribution is -0.126. The van der Waals surface area contributed by atoms with Crippen molar-refractivity contribution in [3.63, 3.8) is 0 Å². The highest BCUT2D eigenvalue weighted by atomic mass is 16.5. The Labute approximate surface area is 205 Å². The molecule has 0 radical (unpaired) electrons. The van der Waals surface area contributed by atoms with Gasteiger partial charge in [0.1, 0.15) is 24.1 Å². The van der Waals surface area contributed by atoms with E-state index in [9.17, 15) is 14.4 Å². The molecule has 0 saturated heterocycles. The van der Waals surface area contributed by atoms with Crippen LogP contribution in [0, 0.1) is 0 Å². The SMILES string of the molecule is COCCNC(=O)[C@@H]1CCC(=O)N[C@H](C)COc2ccc(OC)cc2-c2cccc(c2)C(=O)N1C. The van der Waals surface area contributed by atoms with E-state index in [1.54, 1.807) is 45.5 Å². The van der Waals surface area contributed by atoms with Crippen molar-refractivity contribution in [2.45, 2.75) is 31.8 Å². The molecular formula is C26H33N3O6. The number of rotatable bonds is 5. The summed E-state index contributed by atoms with van der Waals surface area (Å²) in [5.74, 6) is 0.371. The lowest BCUT2D eigenvalue weighted by Gasteiger charge is -2.27. The first kappa shape index (κ1) is 26.0. The van der Waals surface area contributed by atoms with Crippen molar-refractivity contribution in [1.82, 2.24) is 15.5 Å². The van der Waals surface area contributed by atoms with E-state index in [2.05, 4.69) is 10.6 Å². The third-order valence-corrected chi connectivity index (χ3v) is 5.84. The van der Waals surface area contributed by atoms with Crippen LogP contribution in [0.2, 0.25) is 0 Å². The molecule has 0 fully saturated rings. The van der Waals surface area contributed by atoms with E-state index in [1.807, 2.05) is 25.1 Å². The summed E-state index contributed by atoms with van der Waals surface area (Å²) in [7, 11) is 4.70. The molecule has 0 saturated carbocycles. The van der Waals surface area contributed by atoms with Crippen molar-refractivity contribution in [1.29, 1.82) is 0 Å². The van der Waals surface area contributed by atoms with Gasteiger partial charge < -0.3 is 29.7 Å². The third kappa shape index (κ3) is 6.73. The topological polar surface area (TPSA) is 106 Å². The van der Waals surface area contributed by atoms with Gasteiger partial charge in [-0.3, -0.25) is 14.4 Å². The van der Waals surface area contributed by atoms with Crippen LogP contribution in [0.4, 0.5) is 0 Å². The Morgan fingerprint density at radius 1 is 1.17 bits per heavy atom. The molecule has 9 heteroatoms. The Bertz CT molecular complexity index is 1060. The van der Waals surface area contributed by atoms with Gasteiger partial charge >= 0.3 is 0 Å². The van der Waals surface area contributed by atoms with Gasteiger partial charge in [0, 0.05) is 38.2 Å². The van der Waals surface area contributed by atoms with Gasteiger partial charge in [-0.15, -0.1) is 0 Å². The minimum absolute atomic E-state index is 0.0815. The maximum absolute atomic E-state index is 13.4. The Hall–Kier alpha value is -3.59. The van der Waals surface area contributed by atoms with Crippen LogP contribution in [0.3, 0.4) is 0 Å². The Balaban J connectivity index is 2.01. The average Bonchev–Trinajstić information content (AvgIpc) is 2.86. The summed E-state index contributed by atoms with van der Waals surface area (Å²) in [6.45, 7) is 2.76. The lowest BCUT2D eigenvalue weighted by atomic mass is 10.0. The second-order valence-electron chi connectivity index (χ2n) is 8.48. The van der Waals surface area contributed by atoms with Crippen LogP contribution in [-0.2, 0) is 14.3 Å². The molecule has 1 heterocycles. The first-order valence-corrected chi connectivity index (χ1v) is 11.6. The number of fused-ring (bicyclic) bond motifs is 4. The van der Waals surface area contributed by atoms with E-state index in [1.165, 1.54) is 4.90 Å². The Morgan fingerprint density at radius 2 is 1.94 bits per heavy atom. The molecule has 35 heavy (non-hydrogen) atoms. The molecule has 1 aliphatic heterocycles. The molecule has 188 valence electrons.